The zero-order valence-corrected chi connectivity index (χ0v) is 9.29. The van der Waals surface area contributed by atoms with Gasteiger partial charge in [0.2, 0.25) is 0 Å². The summed E-state index contributed by atoms with van der Waals surface area (Å²) in [7, 11) is 0. The molecule has 0 aromatic carbocycles. The van der Waals surface area contributed by atoms with Gasteiger partial charge in [-0.3, -0.25) is 0 Å². The smallest absolute Gasteiger partial charge is 0.285 e. The monoisotopic (exact) mass is 248 g/mol. The van der Waals surface area contributed by atoms with Crippen molar-refractivity contribution in [3.05, 3.63) is 0 Å². The van der Waals surface area contributed by atoms with E-state index in [1.807, 2.05) is 0 Å². The molecule has 1 heterocycles. The van der Waals surface area contributed by atoms with Gasteiger partial charge in [0.25, 0.3) is 6.02 Å². The summed E-state index contributed by atoms with van der Waals surface area (Å²) in [6, 6.07) is -0.350. The van der Waals surface area contributed by atoms with Crippen LogP contribution in [-0.2, 0) is 4.74 Å². The minimum Gasteiger partial charge on any atom is -0.460 e. The SMILES string of the molecule is OC[C@H]1C[C@@H]2OC(NCCF)=N[C@@H]2[C@@H](O)[C@@H]1O. The van der Waals surface area contributed by atoms with Gasteiger partial charge in [0.05, 0.1) is 6.10 Å². The number of hydrogen-bond acceptors (Lipinski definition) is 6. The van der Waals surface area contributed by atoms with Gasteiger partial charge in [-0.2, -0.15) is 0 Å². The normalized spacial score (nSPS) is 40.5. The van der Waals surface area contributed by atoms with E-state index < -0.39 is 30.8 Å². The molecule has 1 fully saturated rings. The summed E-state index contributed by atoms with van der Waals surface area (Å²) in [5, 5.41) is 31.3. The number of fused-ring (bicyclic) bond motifs is 1. The minimum absolute atomic E-state index is 0.0976. The highest BCUT2D eigenvalue weighted by molar-refractivity contribution is 5.75. The van der Waals surface area contributed by atoms with E-state index in [2.05, 4.69) is 10.3 Å². The second-order valence-electron chi connectivity index (χ2n) is 4.36. The molecule has 6 nitrogen and oxygen atoms in total. The van der Waals surface area contributed by atoms with Crippen molar-refractivity contribution >= 4 is 6.02 Å². The Bertz CT molecular complexity index is 302. The lowest BCUT2D eigenvalue weighted by Crippen LogP contribution is -2.52. The van der Waals surface area contributed by atoms with Crippen LogP contribution in [0.15, 0.2) is 4.99 Å². The van der Waals surface area contributed by atoms with Crippen LogP contribution in [0.4, 0.5) is 4.39 Å². The summed E-state index contributed by atoms with van der Waals surface area (Å²) in [5.41, 5.74) is 0. The third kappa shape index (κ3) is 2.36. The van der Waals surface area contributed by atoms with Crippen LogP contribution >= 0.6 is 0 Å². The first kappa shape index (κ1) is 12.5. The fourth-order valence-electron chi connectivity index (χ4n) is 2.29. The van der Waals surface area contributed by atoms with Crippen LogP contribution in [0, 0.1) is 5.92 Å². The number of aliphatic imine (C=N–C) groups is 1. The van der Waals surface area contributed by atoms with Gasteiger partial charge in [-0.25, -0.2) is 9.38 Å². The van der Waals surface area contributed by atoms with Gasteiger partial charge in [0.1, 0.15) is 24.9 Å². The molecule has 98 valence electrons. The molecule has 0 radical (unpaired) electrons. The molecule has 1 aliphatic heterocycles. The summed E-state index contributed by atoms with van der Waals surface area (Å²) in [6.45, 7) is -0.652. The largest absolute Gasteiger partial charge is 0.460 e. The average molecular weight is 248 g/mol. The van der Waals surface area contributed by atoms with E-state index in [-0.39, 0.29) is 25.3 Å². The molecule has 2 aliphatic rings. The number of alkyl halides is 1. The Balaban J connectivity index is 2.01. The number of aliphatic hydroxyl groups is 3. The summed E-state index contributed by atoms with van der Waals surface area (Å²) >= 11 is 0. The molecule has 17 heavy (non-hydrogen) atoms. The molecule has 4 N–H and O–H groups in total. The van der Waals surface area contributed by atoms with Gasteiger partial charge in [0.15, 0.2) is 0 Å². The van der Waals surface area contributed by atoms with Gasteiger partial charge in [-0.1, -0.05) is 0 Å². The maximum absolute atomic E-state index is 12.0. The van der Waals surface area contributed by atoms with Crippen molar-refractivity contribution < 1.29 is 24.4 Å². The van der Waals surface area contributed by atoms with E-state index in [9.17, 15) is 14.6 Å². The number of halogens is 1. The molecule has 5 atom stereocenters. The van der Waals surface area contributed by atoms with Crippen LogP contribution in [0.2, 0.25) is 0 Å². The summed E-state index contributed by atoms with van der Waals surface area (Å²) in [6.07, 6.45) is -2.01. The van der Waals surface area contributed by atoms with Crippen LogP contribution < -0.4 is 5.32 Å². The molecule has 7 heteroatoms. The number of hydrogen-bond donors (Lipinski definition) is 4. The van der Waals surface area contributed by atoms with Crippen molar-refractivity contribution in [2.24, 2.45) is 10.9 Å². The molecular formula is C10H17FN2O4. The summed E-state index contributed by atoms with van der Waals surface area (Å²) < 4.78 is 17.4. The van der Waals surface area contributed by atoms with E-state index in [4.69, 9.17) is 9.84 Å². The lowest BCUT2D eigenvalue weighted by atomic mass is 9.80. The predicted octanol–water partition coefficient (Wildman–Crippen LogP) is -1.60. The van der Waals surface area contributed by atoms with Crippen LogP contribution in [0.3, 0.4) is 0 Å². The molecule has 0 saturated heterocycles. The number of rotatable bonds is 3. The summed E-state index contributed by atoms with van der Waals surface area (Å²) in [5.74, 6) is -0.415. The highest BCUT2D eigenvalue weighted by Gasteiger charge is 2.47. The van der Waals surface area contributed by atoms with Gasteiger partial charge >= 0.3 is 0 Å². The van der Waals surface area contributed by atoms with E-state index in [0.717, 1.165) is 0 Å². The fraction of sp³-hybridized carbons (Fsp3) is 0.900. The molecule has 0 bridgehead atoms. The lowest BCUT2D eigenvalue weighted by Gasteiger charge is -2.36. The first-order valence-corrected chi connectivity index (χ1v) is 5.68. The minimum atomic E-state index is -1.06. The Hall–Kier alpha value is -0.920. The molecule has 0 unspecified atom stereocenters. The van der Waals surface area contributed by atoms with E-state index in [1.165, 1.54) is 0 Å². The topological polar surface area (TPSA) is 94.3 Å². The zero-order chi connectivity index (χ0) is 12.4. The van der Waals surface area contributed by atoms with Gasteiger partial charge in [-0.15, -0.1) is 0 Å². The van der Waals surface area contributed by atoms with Crippen molar-refractivity contribution in [3.8, 4) is 0 Å². The highest BCUT2D eigenvalue weighted by atomic mass is 19.1. The maximum Gasteiger partial charge on any atom is 0.285 e. The molecular weight excluding hydrogens is 231 g/mol. The second kappa shape index (κ2) is 5.16. The first-order chi connectivity index (χ1) is 8.17. The molecule has 0 amide bonds. The van der Waals surface area contributed by atoms with Crippen LogP contribution in [0.25, 0.3) is 0 Å². The molecule has 0 aromatic rings. The van der Waals surface area contributed by atoms with Gasteiger partial charge in [0, 0.05) is 19.1 Å². The highest BCUT2D eigenvalue weighted by Crippen LogP contribution is 2.32. The first-order valence-electron chi connectivity index (χ1n) is 5.68. The number of nitrogens with one attached hydrogen (secondary N) is 1. The predicted molar refractivity (Wildman–Crippen MR) is 57.3 cm³/mol. The van der Waals surface area contributed by atoms with Crippen molar-refractivity contribution in [2.75, 3.05) is 19.8 Å². The lowest BCUT2D eigenvalue weighted by molar-refractivity contribution is -0.0948. The Morgan fingerprint density at radius 1 is 1.41 bits per heavy atom. The van der Waals surface area contributed by atoms with Crippen molar-refractivity contribution in [1.82, 2.24) is 5.32 Å². The molecule has 0 spiro atoms. The van der Waals surface area contributed by atoms with Crippen LogP contribution in [0.1, 0.15) is 6.42 Å². The number of ether oxygens (including phenoxy) is 1. The molecule has 2 rings (SSSR count). The third-order valence-corrected chi connectivity index (χ3v) is 3.23. The van der Waals surface area contributed by atoms with Gasteiger partial charge in [-0.05, 0) is 6.42 Å². The Labute approximate surface area is 98.1 Å². The van der Waals surface area contributed by atoms with Crippen molar-refractivity contribution in [1.29, 1.82) is 0 Å². The van der Waals surface area contributed by atoms with E-state index in [0.29, 0.717) is 6.42 Å². The second-order valence-corrected chi connectivity index (χ2v) is 4.36. The third-order valence-electron chi connectivity index (χ3n) is 3.23. The van der Waals surface area contributed by atoms with E-state index in [1.54, 1.807) is 0 Å². The number of amidine groups is 1. The number of aliphatic hydroxyl groups excluding tert-OH is 3. The van der Waals surface area contributed by atoms with Crippen LogP contribution in [0.5, 0.6) is 0 Å². The van der Waals surface area contributed by atoms with Crippen molar-refractivity contribution in [2.45, 2.75) is 30.8 Å². The Morgan fingerprint density at radius 3 is 2.82 bits per heavy atom. The Kier molecular flexibility index (Phi) is 3.80. The zero-order valence-electron chi connectivity index (χ0n) is 9.29. The standard InChI is InChI=1S/C10H17FN2O4/c11-1-2-12-10-13-7-6(17-10)3-5(4-14)8(15)9(7)16/h5-9,14-16H,1-4H2,(H,12,13)/t5-,6+,7+,8-,9-/m1/s1. The number of nitrogens with zero attached hydrogens (tertiary/aromatic N) is 1. The van der Waals surface area contributed by atoms with Crippen LogP contribution in [-0.4, -0.2) is 65.5 Å². The Morgan fingerprint density at radius 2 is 2.18 bits per heavy atom. The maximum atomic E-state index is 12.0. The average Bonchev–Trinajstić information content (AvgIpc) is 2.74. The quantitative estimate of drug-likeness (QED) is 0.483. The summed E-state index contributed by atoms with van der Waals surface area (Å²) in [4.78, 5) is 4.07. The fourth-order valence-corrected chi connectivity index (χ4v) is 2.29. The molecule has 1 aliphatic carbocycles. The molecule has 1 saturated carbocycles. The van der Waals surface area contributed by atoms with E-state index >= 15 is 0 Å². The van der Waals surface area contributed by atoms with Crippen molar-refractivity contribution in [3.63, 3.8) is 0 Å². The van der Waals surface area contributed by atoms with Gasteiger partial charge < -0.3 is 25.4 Å². The molecule has 0 aromatic heterocycles.